The Morgan fingerprint density at radius 3 is 2.94 bits per heavy atom. The van der Waals surface area contributed by atoms with E-state index >= 15 is 0 Å². The highest BCUT2D eigenvalue weighted by molar-refractivity contribution is 5.38. The molecule has 2 aliphatic rings. The van der Waals surface area contributed by atoms with Crippen LogP contribution in [0.25, 0.3) is 0 Å². The minimum atomic E-state index is -0.519. The van der Waals surface area contributed by atoms with Gasteiger partial charge in [0.15, 0.2) is 0 Å². The molecule has 80 valence electrons. The standard InChI is InChI=1S/C13H10O3/c1-2-3-4-5-6-7-8-11-13-12(16-13)10(14)9-15-11/h8,10,12-14H,9H2,1H3/t10-,12+,13-/m1/s1. The lowest BCUT2D eigenvalue weighted by molar-refractivity contribution is 0.0445. The highest BCUT2D eigenvalue weighted by atomic mass is 16.6. The molecule has 0 unspecified atom stereocenters. The molecule has 2 heterocycles. The Morgan fingerprint density at radius 1 is 1.31 bits per heavy atom. The number of ether oxygens (including phenoxy) is 2. The number of hydrogen-bond acceptors (Lipinski definition) is 3. The zero-order valence-corrected chi connectivity index (χ0v) is 8.78. The second-order valence-electron chi connectivity index (χ2n) is 3.34. The molecule has 0 saturated carbocycles. The topological polar surface area (TPSA) is 42.0 Å². The number of aliphatic hydroxyl groups excluding tert-OH is 1. The minimum Gasteiger partial charge on any atom is -0.492 e. The van der Waals surface area contributed by atoms with Gasteiger partial charge < -0.3 is 14.6 Å². The Balaban J connectivity index is 1.94. The molecule has 16 heavy (non-hydrogen) atoms. The zero-order valence-electron chi connectivity index (χ0n) is 8.78. The van der Waals surface area contributed by atoms with Gasteiger partial charge in [-0.3, -0.25) is 0 Å². The third kappa shape index (κ3) is 2.38. The molecule has 3 nitrogen and oxygen atoms in total. The highest BCUT2D eigenvalue weighted by Gasteiger charge is 2.51. The molecule has 0 radical (unpaired) electrons. The van der Waals surface area contributed by atoms with E-state index in [9.17, 15) is 5.11 Å². The van der Waals surface area contributed by atoms with Crippen LogP contribution in [-0.4, -0.2) is 30.0 Å². The summed E-state index contributed by atoms with van der Waals surface area (Å²) in [6, 6.07) is 0. The van der Waals surface area contributed by atoms with Gasteiger partial charge >= 0.3 is 0 Å². The Labute approximate surface area is 94.4 Å². The molecule has 0 aromatic rings. The SMILES string of the molecule is CC#CC#CC#CC=C1OC[C@@H](O)[C@@H]2O[C@H]12. The van der Waals surface area contributed by atoms with Crippen molar-refractivity contribution in [1.29, 1.82) is 0 Å². The maximum absolute atomic E-state index is 9.36. The fourth-order valence-corrected chi connectivity index (χ4v) is 1.40. The van der Waals surface area contributed by atoms with E-state index in [1.165, 1.54) is 0 Å². The summed E-state index contributed by atoms with van der Waals surface area (Å²) in [6.45, 7) is 1.98. The fourth-order valence-electron chi connectivity index (χ4n) is 1.40. The molecule has 3 atom stereocenters. The van der Waals surface area contributed by atoms with Crippen molar-refractivity contribution in [2.45, 2.75) is 25.2 Å². The third-order valence-electron chi connectivity index (χ3n) is 2.21. The van der Waals surface area contributed by atoms with Crippen LogP contribution in [0.4, 0.5) is 0 Å². The smallest absolute Gasteiger partial charge is 0.145 e. The van der Waals surface area contributed by atoms with Crippen LogP contribution in [0.3, 0.4) is 0 Å². The number of fused-ring (bicyclic) bond motifs is 1. The van der Waals surface area contributed by atoms with Crippen molar-refractivity contribution < 1.29 is 14.6 Å². The van der Waals surface area contributed by atoms with Gasteiger partial charge in [-0.15, -0.1) is 0 Å². The molecule has 1 N–H and O–H groups in total. The molecule has 0 spiro atoms. The molecular weight excluding hydrogens is 204 g/mol. The summed E-state index contributed by atoms with van der Waals surface area (Å²) in [5, 5.41) is 9.36. The number of rotatable bonds is 0. The van der Waals surface area contributed by atoms with Crippen LogP contribution < -0.4 is 0 Å². The normalized spacial score (nSPS) is 31.6. The molecule has 2 rings (SSSR count). The van der Waals surface area contributed by atoms with Gasteiger partial charge in [-0.1, -0.05) is 11.8 Å². The van der Waals surface area contributed by atoms with Gasteiger partial charge in [-0.2, -0.15) is 0 Å². The fraction of sp³-hybridized carbons (Fsp3) is 0.385. The van der Waals surface area contributed by atoms with Crippen molar-refractivity contribution in [3.05, 3.63) is 11.8 Å². The highest BCUT2D eigenvalue weighted by Crippen LogP contribution is 2.36. The van der Waals surface area contributed by atoms with Gasteiger partial charge in [0.05, 0.1) is 0 Å². The van der Waals surface area contributed by atoms with E-state index in [1.54, 1.807) is 13.0 Å². The van der Waals surface area contributed by atoms with Crippen LogP contribution in [0.1, 0.15) is 6.92 Å². The van der Waals surface area contributed by atoms with Gasteiger partial charge in [0, 0.05) is 6.08 Å². The number of hydrogen-bond donors (Lipinski definition) is 1. The second kappa shape index (κ2) is 4.77. The first-order chi connectivity index (χ1) is 7.83. The van der Waals surface area contributed by atoms with Gasteiger partial charge in [0.25, 0.3) is 0 Å². The van der Waals surface area contributed by atoms with E-state index in [0.717, 1.165) is 0 Å². The van der Waals surface area contributed by atoms with Crippen LogP contribution in [0.2, 0.25) is 0 Å². The van der Waals surface area contributed by atoms with Gasteiger partial charge in [-0.05, 0) is 30.6 Å². The lowest BCUT2D eigenvalue weighted by Gasteiger charge is -2.15. The molecule has 0 aromatic heterocycles. The van der Waals surface area contributed by atoms with Crippen molar-refractivity contribution >= 4 is 0 Å². The summed E-state index contributed by atoms with van der Waals surface area (Å²) in [7, 11) is 0. The van der Waals surface area contributed by atoms with Gasteiger partial charge in [0.2, 0.25) is 0 Å². The average Bonchev–Trinajstić information content (AvgIpc) is 3.07. The van der Waals surface area contributed by atoms with Crippen molar-refractivity contribution in [3.8, 4) is 35.5 Å². The quantitative estimate of drug-likeness (QED) is 0.458. The Morgan fingerprint density at radius 2 is 2.12 bits per heavy atom. The maximum atomic E-state index is 9.36. The molecule has 2 saturated heterocycles. The molecule has 0 amide bonds. The van der Waals surface area contributed by atoms with Crippen LogP contribution in [0.15, 0.2) is 11.8 Å². The third-order valence-corrected chi connectivity index (χ3v) is 2.21. The maximum Gasteiger partial charge on any atom is 0.145 e. The Hall–Kier alpha value is -1.86. The van der Waals surface area contributed by atoms with E-state index < -0.39 is 6.10 Å². The first-order valence-electron chi connectivity index (χ1n) is 4.91. The number of epoxide rings is 1. The van der Waals surface area contributed by atoms with Crippen molar-refractivity contribution in [2.75, 3.05) is 6.61 Å². The molecule has 0 bridgehead atoms. The zero-order chi connectivity index (χ0) is 11.4. The van der Waals surface area contributed by atoms with Gasteiger partial charge in [0.1, 0.15) is 30.7 Å². The number of allylic oxidation sites excluding steroid dienone is 1. The first kappa shape index (κ1) is 10.7. The van der Waals surface area contributed by atoms with Crippen LogP contribution in [-0.2, 0) is 9.47 Å². The summed E-state index contributed by atoms with van der Waals surface area (Å²) < 4.78 is 10.5. The average molecular weight is 214 g/mol. The van der Waals surface area contributed by atoms with E-state index in [2.05, 4.69) is 35.5 Å². The van der Waals surface area contributed by atoms with Crippen LogP contribution in [0, 0.1) is 35.5 Å². The second-order valence-corrected chi connectivity index (χ2v) is 3.34. The first-order valence-corrected chi connectivity index (χ1v) is 4.91. The van der Waals surface area contributed by atoms with Crippen molar-refractivity contribution in [1.82, 2.24) is 0 Å². The van der Waals surface area contributed by atoms with E-state index in [1.807, 2.05) is 0 Å². The summed E-state index contributed by atoms with van der Waals surface area (Å²) in [5.74, 6) is 16.4. The molecular formula is C13H10O3. The van der Waals surface area contributed by atoms with Crippen LogP contribution in [0.5, 0.6) is 0 Å². The lowest BCUT2D eigenvalue weighted by Crippen LogP contribution is -2.29. The summed E-state index contributed by atoms with van der Waals surface area (Å²) >= 11 is 0. The van der Waals surface area contributed by atoms with E-state index in [4.69, 9.17) is 9.47 Å². The predicted octanol–water partition coefficient (Wildman–Crippen LogP) is 0.0589. The van der Waals surface area contributed by atoms with E-state index in [-0.39, 0.29) is 18.8 Å². The van der Waals surface area contributed by atoms with Gasteiger partial charge in [-0.25, -0.2) is 0 Å². The molecule has 2 aliphatic heterocycles. The summed E-state index contributed by atoms with van der Waals surface area (Å²) in [5.41, 5.74) is 0. The van der Waals surface area contributed by atoms with Crippen molar-refractivity contribution in [2.24, 2.45) is 0 Å². The molecule has 2 fully saturated rings. The van der Waals surface area contributed by atoms with Crippen LogP contribution >= 0.6 is 0 Å². The Kier molecular flexibility index (Phi) is 3.18. The predicted molar refractivity (Wildman–Crippen MR) is 57.7 cm³/mol. The number of aliphatic hydroxyl groups is 1. The Bertz CT molecular complexity index is 484. The lowest BCUT2D eigenvalue weighted by atomic mass is 10.1. The van der Waals surface area contributed by atoms with E-state index in [0.29, 0.717) is 5.76 Å². The molecule has 0 aromatic carbocycles. The molecule has 0 aliphatic carbocycles. The molecule has 3 heteroatoms. The largest absolute Gasteiger partial charge is 0.492 e. The monoisotopic (exact) mass is 214 g/mol. The van der Waals surface area contributed by atoms with Crippen molar-refractivity contribution in [3.63, 3.8) is 0 Å². The summed E-state index contributed by atoms with van der Waals surface area (Å²) in [4.78, 5) is 0. The minimum absolute atomic E-state index is 0.112. The summed E-state index contributed by atoms with van der Waals surface area (Å²) in [6.07, 6.45) is 0.875.